The van der Waals surface area contributed by atoms with Gasteiger partial charge in [0.2, 0.25) is 6.71 Å². The fourth-order valence-electron chi connectivity index (χ4n) is 10.5. The molecule has 284 valence electrons. The normalized spacial score (nSPS) is 17.4. The molecule has 3 aliphatic carbocycles. The number of para-hydroxylation sites is 4. The van der Waals surface area contributed by atoms with Crippen LogP contribution in [0.25, 0.3) is 5.57 Å². The van der Waals surface area contributed by atoms with Gasteiger partial charge in [-0.3, -0.25) is 0 Å². The van der Waals surface area contributed by atoms with Crippen LogP contribution in [-0.4, -0.2) is 6.71 Å². The van der Waals surface area contributed by atoms with Gasteiger partial charge in [-0.05, 0) is 114 Å². The highest BCUT2D eigenvalue weighted by atomic mass is 15.2. The number of hydrogen-bond acceptors (Lipinski definition) is 3. The van der Waals surface area contributed by atoms with Crippen molar-refractivity contribution in [2.24, 2.45) is 5.41 Å². The second-order valence-corrected chi connectivity index (χ2v) is 16.7. The van der Waals surface area contributed by atoms with Crippen LogP contribution in [0, 0.1) is 5.41 Å². The lowest BCUT2D eigenvalue weighted by Crippen LogP contribution is -2.58. The van der Waals surface area contributed by atoms with E-state index in [4.69, 9.17) is 0 Å². The molecule has 6 aromatic carbocycles. The summed E-state index contributed by atoms with van der Waals surface area (Å²) in [7, 11) is 0. The highest BCUT2D eigenvalue weighted by Crippen LogP contribution is 2.60. The minimum Gasteiger partial charge on any atom is -0.312 e. The Morgan fingerprint density at radius 2 is 1.12 bits per heavy atom. The Bertz CT molecular complexity index is 2750. The summed E-state index contributed by atoms with van der Waals surface area (Å²) in [5.41, 5.74) is 19.9. The summed E-state index contributed by atoms with van der Waals surface area (Å²) in [6.45, 7) is 5.01. The molecule has 0 bridgehead atoms. The fraction of sp³-hybridized carbons (Fsp3) is 0.127. The first-order valence-corrected chi connectivity index (χ1v) is 21.2. The third-order valence-electron chi connectivity index (χ3n) is 12.8. The summed E-state index contributed by atoms with van der Waals surface area (Å²) in [5.74, 6) is 0. The molecule has 0 amide bonds. The van der Waals surface area contributed by atoms with E-state index in [9.17, 15) is 0 Å². The van der Waals surface area contributed by atoms with Gasteiger partial charge < -0.3 is 14.7 Å². The van der Waals surface area contributed by atoms with Crippen LogP contribution in [0.5, 0.6) is 0 Å². The van der Waals surface area contributed by atoms with E-state index in [0.717, 1.165) is 48.4 Å². The lowest BCUT2D eigenvalue weighted by molar-refractivity contribution is 0.582. The maximum Gasteiger partial charge on any atom is 0.248 e. The minimum atomic E-state index is -0.307. The van der Waals surface area contributed by atoms with E-state index in [-0.39, 0.29) is 12.1 Å². The largest absolute Gasteiger partial charge is 0.312 e. The van der Waals surface area contributed by atoms with Crippen molar-refractivity contribution in [2.75, 3.05) is 14.7 Å². The van der Waals surface area contributed by atoms with Crippen LogP contribution in [0.15, 0.2) is 222 Å². The molecule has 0 radical (unpaired) electrons. The van der Waals surface area contributed by atoms with Crippen molar-refractivity contribution < 1.29 is 0 Å². The molecule has 0 N–H and O–H groups in total. The van der Waals surface area contributed by atoms with Crippen LogP contribution >= 0.6 is 0 Å². The fourth-order valence-corrected chi connectivity index (χ4v) is 10.5. The van der Waals surface area contributed by atoms with E-state index in [2.05, 4.69) is 223 Å². The Morgan fingerprint density at radius 3 is 1.75 bits per heavy atom. The van der Waals surface area contributed by atoms with E-state index in [0.29, 0.717) is 0 Å². The Morgan fingerprint density at radius 1 is 0.542 bits per heavy atom. The monoisotopic (exact) mass is 759 g/mol. The molecule has 0 spiro atoms. The van der Waals surface area contributed by atoms with Crippen molar-refractivity contribution in [3.05, 3.63) is 228 Å². The van der Waals surface area contributed by atoms with E-state index in [1.165, 1.54) is 67.1 Å². The smallest absolute Gasteiger partial charge is 0.248 e. The maximum atomic E-state index is 2.63. The number of hydrogen-bond donors (Lipinski definition) is 0. The lowest BCUT2D eigenvalue weighted by atomic mass is 9.30. The highest BCUT2D eigenvalue weighted by Gasteiger charge is 2.54. The maximum absolute atomic E-state index is 2.63. The van der Waals surface area contributed by atoms with Crippen molar-refractivity contribution in [2.45, 2.75) is 39.5 Å². The van der Waals surface area contributed by atoms with Crippen LogP contribution in [0.2, 0.25) is 0 Å². The average molecular weight is 760 g/mol. The number of nitrogens with zero attached hydrogens (tertiary/aromatic N) is 3. The first kappa shape index (κ1) is 35.4. The summed E-state index contributed by atoms with van der Waals surface area (Å²) in [5, 5.41) is 0. The zero-order valence-corrected chi connectivity index (χ0v) is 33.7. The predicted molar refractivity (Wildman–Crippen MR) is 250 cm³/mol. The van der Waals surface area contributed by atoms with E-state index >= 15 is 0 Å². The van der Waals surface area contributed by atoms with Gasteiger partial charge in [-0.2, -0.15) is 0 Å². The first-order chi connectivity index (χ1) is 29.1. The van der Waals surface area contributed by atoms with Gasteiger partial charge in [0.15, 0.2) is 0 Å². The van der Waals surface area contributed by atoms with Gasteiger partial charge >= 0.3 is 0 Å². The third kappa shape index (κ3) is 5.65. The zero-order chi connectivity index (χ0) is 39.5. The van der Waals surface area contributed by atoms with Crippen molar-refractivity contribution in [1.82, 2.24) is 0 Å². The summed E-state index contributed by atoms with van der Waals surface area (Å²) < 4.78 is 0. The third-order valence-corrected chi connectivity index (χ3v) is 12.8. The van der Waals surface area contributed by atoms with Crippen molar-refractivity contribution in [3.8, 4) is 0 Å². The molecule has 0 aromatic heterocycles. The van der Waals surface area contributed by atoms with Gasteiger partial charge in [0.05, 0.1) is 5.69 Å². The Kier molecular flexibility index (Phi) is 8.55. The lowest BCUT2D eigenvalue weighted by Gasteiger charge is -2.47. The standard InChI is InChI=1S/C55H46BN3/c1-55(2)51(40-25-11-4-12-26-40)50(39-23-9-3-10-24-39)53-54(55)56-46-35-21-22-36-47(46)58(43-31-17-7-18-32-43)48-37-45(38-49(52(48)56)59(53)44-33-19-8-20-34-44)57(41-27-13-5-14-28-41)42-29-15-6-16-30-42/h3,5-6,8-11,13-17,19-38H,4,7,12,18H2,1-2H3. The Balaban J connectivity index is 1.29. The molecule has 0 saturated heterocycles. The van der Waals surface area contributed by atoms with Crippen LogP contribution in [0.1, 0.15) is 45.1 Å². The van der Waals surface area contributed by atoms with E-state index in [1.54, 1.807) is 0 Å². The molecule has 3 nitrogen and oxygen atoms in total. The van der Waals surface area contributed by atoms with E-state index in [1.807, 2.05) is 0 Å². The molecule has 0 saturated carbocycles. The molecule has 59 heavy (non-hydrogen) atoms. The molecule has 2 aliphatic heterocycles. The quantitative estimate of drug-likeness (QED) is 0.150. The molecule has 6 aromatic rings. The summed E-state index contributed by atoms with van der Waals surface area (Å²) >= 11 is 0. The topological polar surface area (TPSA) is 9.72 Å². The van der Waals surface area contributed by atoms with Gasteiger partial charge in [0.25, 0.3) is 0 Å². The van der Waals surface area contributed by atoms with Crippen LogP contribution in [0.3, 0.4) is 0 Å². The number of benzene rings is 6. The number of anilines is 7. The highest BCUT2D eigenvalue weighted by molar-refractivity contribution is 6.95. The number of allylic oxidation sites excluding steroid dienone is 10. The van der Waals surface area contributed by atoms with Crippen molar-refractivity contribution >= 4 is 63.0 Å². The molecule has 4 heteroatoms. The molecule has 5 aliphatic rings. The van der Waals surface area contributed by atoms with Crippen LogP contribution in [0.4, 0.5) is 39.8 Å². The first-order valence-electron chi connectivity index (χ1n) is 21.2. The van der Waals surface area contributed by atoms with Crippen molar-refractivity contribution in [3.63, 3.8) is 0 Å². The molecule has 0 atom stereocenters. The molecular weight excluding hydrogens is 713 g/mol. The molecule has 0 fully saturated rings. The second kappa shape index (κ2) is 14.3. The van der Waals surface area contributed by atoms with E-state index < -0.39 is 0 Å². The Labute approximate surface area is 349 Å². The SMILES string of the molecule is CC1(C)C2=C(C(c3ccccc3)=C1C1=CCCC=C1)N(c1ccccc1)c1cc(N(c3ccccc3)c3ccccc3)cc3c1B2c1ccccc1N3C1=CCCC=C1. The van der Waals surface area contributed by atoms with Gasteiger partial charge in [0.1, 0.15) is 0 Å². The molecule has 2 heterocycles. The predicted octanol–water partition coefficient (Wildman–Crippen LogP) is 13.2. The van der Waals surface area contributed by atoms with Gasteiger partial charge in [-0.25, -0.2) is 0 Å². The molecule has 0 unspecified atom stereocenters. The van der Waals surface area contributed by atoms with Crippen molar-refractivity contribution in [1.29, 1.82) is 0 Å². The van der Waals surface area contributed by atoms with Gasteiger partial charge in [0, 0.05) is 56.5 Å². The number of fused-ring (bicyclic) bond motifs is 3. The molecular formula is C55H46BN3. The van der Waals surface area contributed by atoms with Gasteiger partial charge in [-0.1, -0.05) is 153 Å². The summed E-state index contributed by atoms with van der Waals surface area (Å²) in [4.78, 5) is 7.62. The summed E-state index contributed by atoms with van der Waals surface area (Å²) in [6.07, 6.45) is 18.6. The van der Waals surface area contributed by atoms with Gasteiger partial charge in [-0.15, -0.1) is 0 Å². The second-order valence-electron chi connectivity index (χ2n) is 16.7. The summed E-state index contributed by atoms with van der Waals surface area (Å²) in [6, 6.07) is 58.2. The number of rotatable bonds is 7. The average Bonchev–Trinajstić information content (AvgIpc) is 3.54. The Hall–Kier alpha value is -6.78. The molecule has 11 rings (SSSR count). The van der Waals surface area contributed by atoms with Crippen LogP contribution < -0.4 is 25.6 Å². The minimum absolute atomic E-state index is 0.0194. The zero-order valence-electron chi connectivity index (χ0n) is 33.7. The van der Waals surface area contributed by atoms with Crippen LogP contribution in [-0.2, 0) is 0 Å².